The number of hydrogen-bond donors (Lipinski definition) is 2. The van der Waals surface area contributed by atoms with Crippen LogP contribution in [0.4, 0.5) is 0 Å². The van der Waals surface area contributed by atoms with Crippen molar-refractivity contribution in [3.05, 3.63) is 54.2 Å². The number of carbonyl (C=O) groups excluding carboxylic acids is 1. The zero-order valence-electron chi connectivity index (χ0n) is 14.1. The number of fused-ring (bicyclic) bond motifs is 1. The fourth-order valence-electron chi connectivity index (χ4n) is 3.07. The summed E-state index contributed by atoms with van der Waals surface area (Å²) in [5, 5.41) is 13.1. The molecule has 1 amide bonds. The second kappa shape index (κ2) is 6.80. The van der Waals surface area contributed by atoms with E-state index in [0.29, 0.717) is 6.42 Å². The van der Waals surface area contributed by atoms with E-state index in [2.05, 4.69) is 33.2 Å². The van der Waals surface area contributed by atoms with Gasteiger partial charge in [0.1, 0.15) is 12.2 Å². The molecule has 0 bridgehead atoms. The molecule has 0 radical (unpaired) electrons. The first-order chi connectivity index (χ1) is 12.0. The molecule has 0 aliphatic heterocycles. The lowest BCUT2D eigenvalue weighted by molar-refractivity contribution is -0.122. The van der Waals surface area contributed by atoms with Gasteiger partial charge in [0.2, 0.25) is 5.91 Å². The van der Waals surface area contributed by atoms with Crippen molar-refractivity contribution < 1.29 is 14.7 Å². The Labute approximate surface area is 144 Å². The second-order valence-electron chi connectivity index (χ2n) is 6.17. The number of carboxylic acid groups (broad SMARTS) is 1. The minimum atomic E-state index is -1.10. The van der Waals surface area contributed by atoms with Crippen molar-refractivity contribution in [2.24, 2.45) is 7.05 Å². The van der Waals surface area contributed by atoms with Crippen molar-refractivity contribution in [3.63, 3.8) is 0 Å². The summed E-state index contributed by atoms with van der Waals surface area (Å²) in [6, 6.07) is 8.07. The molecule has 0 aliphatic rings. The molecule has 2 heterocycles. The van der Waals surface area contributed by atoms with Crippen LogP contribution in [0.25, 0.3) is 10.9 Å². The van der Waals surface area contributed by atoms with Gasteiger partial charge in [-0.05, 0) is 25.0 Å². The smallest absolute Gasteiger partial charge is 0.354 e. The van der Waals surface area contributed by atoms with Crippen molar-refractivity contribution in [2.75, 3.05) is 0 Å². The van der Waals surface area contributed by atoms with Crippen LogP contribution in [0.2, 0.25) is 0 Å². The highest BCUT2D eigenvalue weighted by atomic mass is 16.4. The Bertz CT molecular complexity index is 925. The Morgan fingerprint density at radius 3 is 2.84 bits per heavy atom. The van der Waals surface area contributed by atoms with Gasteiger partial charge in [-0.2, -0.15) is 0 Å². The molecule has 0 aliphatic carbocycles. The van der Waals surface area contributed by atoms with Crippen LogP contribution in [0.3, 0.4) is 0 Å². The summed E-state index contributed by atoms with van der Waals surface area (Å²) in [6.45, 7) is 1.87. The lowest BCUT2D eigenvalue weighted by Gasteiger charge is -2.14. The number of carbonyl (C=O) groups is 2. The van der Waals surface area contributed by atoms with Gasteiger partial charge < -0.3 is 19.6 Å². The summed E-state index contributed by atoms with van der Waals surface area (Å²) >= 11 is 0. The first kappa shape index (κ1) is 16.8. The van der Waals surface area contributed by atoms with E-state index in [4.69, 9.17) is 5.11 Å². The maximum absolute atomic E-state index is 12.2. The molecule has 0 saturated carbocycles. The predicted molar refractivity (Wildman–Crippen MR) is 93.4 cm³/mol. The van der Waals surface area contributed by atoms with Gasteiger partial charge in [0.05, 0.1) is 12.5 Å². The van der Waals surface area contributed by atoms with Crippen LogP contribution >= 0.6 is 0 Å². The molecule has 3 rings (SSSR count). The van der Waals surface area contributed by atoms with E-state index in [1.54, 1.807) is 0 Å². The van der Waals surface area contributed by atoms with Gasteiger partial charge in [0.25, 0.3) is 0 Å². The quantitative estimate of drug-likeness (QED) is 0.716. The number of aromatic carboxylic acids is 1. The summed E-state index contributed by atoms with van der Waals surface area (Å²) in [6.07, 6.45) is 5.35. The number of aromatic nitrogens is 3. The first-order valence-electron chi connectivity index (χ1n) is 8.01. The molecule has 25 heavy (non-hydrogen) atoms. The number of para-hydroxylation sites is 1. The molecule has 1 unspecified atom stereocenters. The molecular weight excluding hydrogens is 320 g/mol. The van der Waals surface area contributed by atoms with Crippen molar-refractivity contribution in [3.8, 4) is 0 Å². The second-order valence-corrected chi connectivity index (χ2v) is 6.17. The topological polar surface area (TPSA) is 89.2 Å². The molecule has 1 atom stereocenters. The van der Waals surface area contributed by atoms with E-state index < -0.39 is 5.97 Å². The highest BCUT2D eigenvalue weighted by Crippen LogP contribution is 2.21. The van der Waals surface area contributed by atoms with Gasteiger partial charge in [-0.3, -0.25) is 4.79 Å². The number of hydrogen-bond acceptors (Lipinski definition) is 3. The van der Waals surface area contributed by atoms with Crippen LogP contribution in [0, 0.1) is 0 Å². The van der Waals surface area contributed by atoms with Gasteiger partial charge >= 0.3 is 5.97 Å². The number of imidazole rings is 1. The summed E-state index contributed by atoms with van der Waals surface area (Å²) < 4.78 is 3.39. The Balaban J connectivity index is 1.65. The van der Waals surface area contributed by atoms with Crippen molar-refractivity contribution in [1.82, 2.24) is 19.4 Å². The first-order valence-corrected chi connectivity index (χ1v) is 8.01. The Hall–Kier alpha value is -3.09. The molecule has 7 nitrogen and oxygen atoms in total. The summed E-state index contributed by atoms with van der Waals surface area (Å²) in [5.74, 6) is -1.35. The molecule has 0 spiro atoms. The SMILES string of the molecule is CC(Cc1cn(C)c2ccccc12)NC(=O)Cn1cncc1C(=O)O. The molecule has 3 aromatic rings. The maximum atomic E-state index is 12.2. The van der Waals surface area contributed by atoms with E-state index in [0.717, 1.165) is 5.52 Å². The third-order valence-electron chi connectivity index (χ3n) is 4.16. The van der Waals surface area contributed by atoms with Gasteiger partial charge in [-0.25, -0.2) is 9.78 Å². The average Bonchev–Trinajstić information content (AvgIpc) is 3.13. The van der Waals surface area contributed by atoms with Gasteiger partial charge in [-0.15, -0.1) is 0 Å². The van der Waals surface area contributed by atoms with Gasteiger partial charge in [-0.1, -0.05) is 18.2 Å². The van der Waals surface area contributed by atoms with Crippen molar-refractivity contribution >= 4 is 22.8 Å². The molecule has 0 fully saturated rings. The third kappa shape index (κ3) is 3.55. The van der Waals surface area contributed by atoms with Crippen LogP contribution in [0.15, 0.2) is 43.0 Å². The van der Waals surface area contributed by atoms with E-state index in [9.17, 15) is 9.59 Å². The zero-order valence-corrected chi connectivity index (χ0v) is 14.1. The Kier molecular flexibility index (Phi) is 4.56. The van der Waals surface area contributed by atoms with E-state index in [-0.39, 0.29) is 24.2 Å². The monoisotopic (exact) mass is 340 g/mol. The fourth-order valence-corrected chi connectivity index (χ4v) is 3.07. The highest BCUT2D eigenvalue weighted by Gasteiger charge is 2.15. The lowest BCUT2D eigenvalue weighted by atomic mass is 10.1. The summed E-state index contributed by atoms with van der Waals surface area (Å²) in [4.78, 5) is 27.0. The zero-order chi connectivity index (χ0) is 18.0. The molecule has 0 saturated heterocycles. The Morgan fingerprint density at radius 2 is 2.08 bits per heavy atom. The summed E-state index contributed by atoms with van der Waals surface area (Å²) in [5.41, 5.74) is 2.32. The number of rotatable bonds is 6. The number of benzene rings is 1. The van der Waals surface area contributed by atoms with Crippen LogP contribution in [0.5, 0.6) is 0 Å². The average molecular weight is 340 g/mol. The molecular formula is C18H20N4O3. The number of aryl methyl sites for hydroxylation is 1. The fraction of sp³-hybridized carbons (Fsp3) is 0.278. The minimum absolute atomic E-state index is 0.00291. The molecule has 1 aromatic carbocycles. The predicted octanol–water partition coefficient (Wildman–Crippen LogP) is 1.82. The lowest BCUT2D eigenvalue weighted by Crippen LogP contribution is -2.36. The molecule has 2 aromatic heterocycles. The highest BCUT2D eigenvalue weighted by molar-refractivity contribution is 5.86. The molecule has 130 valence electrons. The normalized spacial score (nSPS) is 12.2. The standard InChI is InChI=1S/C18H20N4O3/c1-12(7-13-9-21(2)15-6-4-3-5-14(13)15)20-17(23)10-22-11-19-8-16(22)18(24)25/h3-6,8-9,11-12H,7,10H2,1-2H3,(H,20,23)(H,24,25). The van der Waals surface area contributed by atoms with E-state index >= 15 is 0 Å². The molecule has 2 N–H and O–H groups in total. The van der Waals surface area contributed by atoms with Crippen molar-refractivity contribution in [2.45, 2.75) is 25.9 Å². The van der Waals surface area contributed by atoms with Crippen LogP contribution < -0.4 is 5.32 Å². The maximum Gasteiger partial charge on any atom is 0.354 e. The van der Waals surface area contributed by atoms with Gasteiger partial charge in [0.15, 0.2) is 0 Å². The number of nitrogens with zero attached hydrogens (tertiary/aromatic N) is 3. The number of nitrogens with one attached hydrogen (secondary N) is 1. The summed E-state index contributed by atoms with van der Waals surface area (Å²) in [7, 11) is 2.00. The van der Waals surface area contributed by atoms with Crippen LogP contribution in [-0.2, 0) is 24.8 Å². The van der Waals surface area contributed by atoms with E-state index in [1.807, 2.05) is 26.1 Å². The third-order valence-corrected chi connectivity index (χ3v) is 4.16. The van der Waals surface area contributed by atoms with Crippen LogP contribution in [0.1, 0.15) is 23.0 Å². The van der Waals surface area contributed by atoms with Crippen LogP contribution in [-0.4, -0.2) is 37.1 Å². The van der Waals surface area contributed by atoms with Crippen molar-refractivity contribution in [1.29, 1.82) is 0 Å². The number of carboxylic acids is 1. The molecule has 7 heteroatoms. The largest absolute Gasteiger partial charge is 0.477 e. The van der Waals surface area contributed by atoms with Gasteiger partial charge in [0, 0.05) is 30.2 Å². The number of amides is 1. The Morgan fingerprint density at radius 1 is 1.32 bits per heavy atom. The van der Waals surface area contributed by atoms with E-state index in [1.165, 1.54) is 28.0 Å². The minimum Gasteiger partial charge on any atom is -0.477 e.